The number of likely N-dealkylation sites (tertiary alicyclic amines) is 1. The van der Waals surface area contributed by atoms with Crippen LogP contribution in [0, 0.1) is 11.8 Å². The Bertz CT molecular complexity index is 217. The molecule has 2 rings (SSSR count). The van der Waals surface area contributed by atoms with Crippen LogP contribution in [0.1, 0.15) is 52.4 Å². The first kappa shape index (κ1) is 13.4. The van der Waals surface area contributed by atoms with Crippen molar-refractivity contribution in [2.24, 2.45) is 11.8 Å². The summed E-state index contributed by atoms with van der Waals surface area (Å²) in [5, 5.41) is 3.53. The first-order valence-corrected chi connectivity index (χ1v) is 7.79. The van der Waals surface area contributed by atoms with Crippen molar-refractivity contribution in [3.63, 3.8) is 0 Å². The van der Waals surface area contributed by atoms with Crippen molar-refractivity contribution in [1.82, 2.24) is 10.2 Å². The lowest BCUT2D eigenvalue weighted by atomic mass is 9.75. The van der Waals surface area contributed by atoms with Gasteiger partial charge in [-0.3, -0.25) is 4.90 Å². The molecule has 0 spiro atoms. The molecule has 1 aliphatic heterocycles. The van der Waals surface area contributed by atoms with Gasteiger partial charge in [0, 0.05) is 19.1 Å². The third kappa shape index (κ3) is 3.45. The van der Waals surface area contributed by atoms with E-state index in [4.69, 9.17) is 0 Å². The molecule has 0 aromatic carbocycles. The quantitative estimate of drug-likeness (QED) is 0.792. The zero-order valence-corrected chi connectivity index (χ0v) is 11.8. The van der Waals surface area contributed by atoms with Crippen LogP contribution in [0.5, 0.6) is 0 Å². The molecule has 2 nitrogen and oxygen atoms in total. The van der Waals surface area contributed by atoms with Crippen LogP contribution in [0.25, 0.3) is 0 Å². The molecule has 1 aliphatic carbocycles. The molecule has 0 amide bonds. The predicted octanol–water partition coefficient (Wildman–Crippen LogP) is 2.89. The number of hydrogen-bond donors (Lipinski definition) is 1. The summed E-state index contributed by atoms with van der Waals surface area (Å²) in [7, 11) is 0. The number of nitrogens with zero attached hydrogens (tertiary/aromatic N) is 1. The molecular weight excluding hydrogens is 208 g/mol. The number of fused-ring (bicyclic) bond motifs is 1. The van der Waals surface area contributed by atoms with Gasteiger partial charge in [-0.25, -0.2) is 0 Å². The maximum atomic E-state index is 3.53. The lowest BCUT2D eigenvalue weighted by molar-refractivity contribution is 0.0553. The minimum atomic E-state index is 0.776. The fourth-order valence-electron chi connectivity index (χ4n) is 3.80. The predicted molar refractivity (Wildman–Crippen MR) is 74.3 cm³/mol. The van der Waals surface area contributed by atoms with Gasteiger partial charge in [0.25, 0.3) is 0 Å². The second kappa shape index (κ2) is 6.75. The summed E-state index contributed by atoms with van der Waals surface area (Å²) < 4.78 is 0. The van der Waals surface area contributed by atoms with Gasteiger partial charge >= 0.3 is 0 Å². The summed E-state index contributed by atoms with van der Waals surface area (Å²) >= 11 is 0. The van der Waals surface area contributed by atoms with E-state index in [0.717, 1.165) is 24.4 Å². The Balaban J connectivity index is 1.84. The van der Waals surface area contributed by atoms with Gasteiger partial charge < -0.3 is 5.32 Å². The molecule has 17 heavy (non-hydrogen) atoms. The Morgan fingerprint density at radius 1 is 1.12 bits per heavy atom. The fraction of sp³-hybridized carbons (Fsp3) is 1.00. The van der Waals surface area contributed by atoms with Crippen molar-refractivity contribution in [2.45, 2.75) is 58.4 Å². The molecule has 100 valence electrons. The first-order valence-electron chi connectivity index (χ1n) is 7.79. The monoisotopic (exact) mass is 238 g/mol. The lowest BCUT2D eigenvalue weighted by Gasteiger charge is -2.44. The molecule has 1 heterocycles. The average molecular weight is 238 g/mol. The standard InChI is InChI=1S/C15H30N2/c1-3-15(11-16-4-2)17-10-9-13-7-5-6-8-14(13)12-17/h13-16H,3-12H2,1-2H3. The Hall–Kier alpha value is -0.0800. The second-order valence-electron chi connectivity index (χ2n) is 5.96. The molecule has 0 aromatic rings. The number of piperidine rings is 1. The molecule has 1 saturated heterocycles. The van der Waals surface area contributed by atoms with Crippen LogP contribution in [0.3, 0.4) is 0 Å². The van der Waals surface area contributed by atoms with Crippen molar-refractivity contribution < 1.29 is 0 Å². The van der Waals surface area contributed by atoms with Gasteiger partial charge in [0.05, 0.1) is 0 Å². The topological polar surface area (TPSA) is 15.3 Å². The highest BCUT2D eigenvalue weighted by atomic mass is 15.2. The zero-order chi connectivity index (χ0) is 12.1. The SMILES string of the molecule is CCNCC(CC)N1CCC2CCCCC2C1. The molecule has 3 unspecified atom stereocenters. The van der Waals surface area contributed by atoms with Gasteiger partial charge in [0.2, 0.25) is 0 Å². The van der Waals surface area contributed by atoms with Crippen LogP contribution in [0.4, 0.5) is 0 Å². The molecular formula is C15H30N2. The summed E-state index contributed by atoms with van der Waals surface area (Å²) in [6.45, 7) is 9.58. The number of nitrogens with one attached hydrogen (secondary N) is 1. The van der Waals surface area contributed by atoms with E-state index < -0.39 is 0 Å². The van der Waals surface area contributed by atoms with Gasteiger partial charge in [-0.15, -0.1) is 0 Å². The second-order valence-corrected chi connectivity index (χ2v) is 5.96. The molecule has 0 radical (unpaired) electrons. The zero-order valence-electron chi connectivity index (χ0n) is 11.8. The Morgan fingerprint density at radius 3 is 2.59 bits per heavy atom. The van der Waals surface area contributed by atoms with Crippen LogP contribution in [0.2, 0.25) is 0 Å². The highest BCUT2D eigenvalue weighted by Gasteiger charge is 2.32. The average Bonchev–Trinajstić information content (AvgIpc) is 2.39. The summed E-state index contributed by atoms with van der Waals surface area (Å²) in [6, 6.07) is 0.776. The highest BCUT2D eigenvalue weighted by Crippen LogP contribution is 2.36. The molecule has 0 bridgehead atoms. The normalized spacial score (nSPS) is 32.1. The van der Waals surface area contributed by atoms with Crippen LogP contribution < -0.4 is 5.32 Å². The third-order valence-corrected chi connectivity index (χ3v) is 4.94. The van der Waals surface area contributed by atoms with Crippen molar-refractivity contribution in [2.75, 3.05) is 26.2 Å². The van der Waals surface area contributed by atoms with E-state index in [-0.39, 0.29) is 0 Å². The highest BCUT2D eigenvalue weighted by molar-refractivity contribution is 4.86. The van der Waals surface area contributed by atoms with Gasteiger partial charge in [0.1, 0.15) is 0 Å². The smallest absolute Gasteiger partial charge is 0.0218 e. The Kier molecular flexibility index (Phi) is 5.30. The van der Waals surface area contributed by atoms with Crippen molar-refractivity contribution in [1.29, 1.82) is 0 Å². The maximum Gasteiger partial charge on any atom is 0.0218 e. The largest absolute Gasteiger partial charge is 0.315 e. The van der Waals surface area contributed by atoms with Gasteiger partial charge in [-0.2, -0.15) is 0 Å². The minimum Gasteiger partial charge on any atom is -0.315 e. The summed E-state index contributed by atoms with van der Waals surface area (Å²) in [5.41, 5.74) is 0. The Labute approximate surface area is 107 Å². The van der Waals surface area contributed by atoms with Crippen LogP contribution in [0.15, 0.2) is 0 Å². The molecule has 0 aromatic heterocycles. The number of hydrogen-bond acceptors (Lipinski definition) is 2. The van der Waals surface area contributed by atoms with E-state index in [1.165, 1.54) is 58.2 Å². The molecule has 1 N–H and O–H groups in total. The van der Waals surface area contributed by atoms with Crippen molar-refractivity contribution >= 4 is 0 Å². The third-order valence-electron chi connectivity index (χ3n) is 4.94. The summed E-state index contributed by atoms with van der Waals surface area (Å²) in [6.07, 6.45) is 8.76. The number of rotatable bonds is 5. The Morgan fingerprint density at radius 2 is 1.88 bits per heavy atom. The minimum absolute atomic E-state index is 0.776. The molecule has 2 fully saturated rings. The summed E-state index contributed by atoms with van der Waals surface area (Å²) in [4.78, 5) is 2.77. The molecule has 3 atom stereocenters. The van der Waals surface area contributed by atoms with Crippen molar-refractivity contribution in [3.8, 4) is 0 Å². The summed E-state index contributed by atoms with van der Waals surface area (Å²) in [5.74, 6) is 2.09. The first-order chi connectivity index (χ1) is 8.35. The maximum absolute atomic E-state index is 3.53. The van der Waals surface area contributed by atoms with Crippen LogP contribution in [-0.4, -0.2) is 37.1 Å². The van der Waals surface area contributed by atoms with E-state index in [2.05, 4.69) is 24.1 Å². The molecule has 1 saturated carbocycles. The van der Waals surface area contributed by atoms with E-state index in [1.807, 2.05) is 0 Å². The van der Waals surface area contributed by atoms with Gasteiger partial charge in [-0.05, 0) is 44.2 Å². The van der Waals surface area contributed by atoms with Gasteiger partial charge in [0.15, 0.2) is 0 Å². The van der Waals surface area contributed by atoms with E-state index >= 15 is 0 Å². The van der Waals surface area contributed by atoms with Crippen LogP contribution >= 0.6 is 0 Å². The number of likely N-dealkylation sites (N-methyl/N-ethyl adjacent to an activating group) is 1. The molecule has 2 aliphatic rings. The van der Waals surface area contributed by atoms with E-state index in [1.54, 1.807) is 0 Å². The fourth-order valence-corrected chi connectivity index (χ4v) is 3.80. The van der Waals surface area contributed by atoms with E-state index in [0.29, 0.717) is 0 Å². The van der Waals surface area contributed by atoms with E-state index in [9.17, 15) is 0 Å². The molecule has 2 heteroatoms. The van der Waals surface area contributed by atoms with Crippen molar-refractivity contribution in [3.05, 3.63) is 0 Å². The van der Waals surface area contributed by atoms with Crippen LogP contribution in [-0.2, 0) is 0 Å². The lowest BCUT2D eigenvalue weighted by Crippen LogP contribution is -2.49. The van der Waals surface area contributed by atoms with Gasteiger partial charge in [-0.1, -0.05) is 33.1 Å².